The van der Waals surface area contributed by atoms with E-state index in [4.69, 9.17) is 9.47 Å². The van der Waals surface area contributed by atoms with E-state index >= 15 is 0 Å². The minimum Gasteiger partial charge on any atom is -0.338 e. The van der Waals surface area contributed by atoms with Crippen molar-refractivity contribution in [2.45, 2.75) is 25.6 Å². The van der Waals surface area contributed by atoms with E-state index in [1.165, 1.54) is 4.90 Å². The number of nitrogens with zero attached hydrogens (tertiary/aromatic N) is 1. The molecule has 2 aliphatic rings. The molecule has 2 aromatic rings. The Balaban J connectivity index is 1.59. The smallest absolute Gasteiger partial charge is 0.293 e. The van der Waals surface area contributed by atoms with E-state index in [9.17, 15) is 9.59 Å². The van der Waals surface area contributed by atoms with Crippen LogP contribution in [0.25, 0.3) is 0 Å². The van der Waals surface area contributed by atoms with Gasteiger partial charge in [-0.2, -0.15) is 0 Å². The molecule has 2 aliphatic heterocycles. The number of amides is 2. The van der Waals surface area contributed by atoms with Gasteiger partial charge in [-0.25, -0.2) is 0 Å². The van der Waals surface area contributed by atoms with E-state index in [0.717, 1.165) is 24.1 Å². The number of rotatable bonds is 4. The number of para-hydroxylation sites is 2. The van der Waals surface area contributed by atoms with Gasteiger partial charge in [-0.15, -0.1) is 0 Å². The minimum atomic E-state index is -1.42. The largest absolute Gasteiger partial charge is 0.338 e. The van der Waals surface area contributed by atoms with Gasteiger partial charge in [-0.1, -0.05) is 43.3 Å². The van der Waals surface area contributed by atoms with Crippen LogP contribution in [0.15, 0.2) is 48.5 Å². The van der Waals surface area contributed by atoms with Crippen LogP contribution in [0, 0.1) is 0 Å². The summed E-state index contributed by atoms with van der Waals surface area (Å²) in [5.74, 6) is -2.02. The molecular weight excluding hydrogens is 344 g/mol. The lowest BCUT2D eigenvalue weighted by Crippen LogP contribution is -2.48. The number of hydrogen-bond donors (Lipinski definition) is 1. The average Bonchev–Trinajstić information content (AvgIpc) is 2.92. The summed E-state index contributed by atoms with van der Waals surface area (Å²) in [7, 11) is 0. The van der Waals surface area contributed by atoms with E-state index in [1.54, 1.807) is 0 Å². The summed E-state index contributed by atoms with van der Waals surface area (Å²) in [4.78, 5) is 27.3. The van der Waals surface area contributed by atoms with E-state index < -0.39 is 5.79 Å². The van der Waals surface area contributed by atoms with Crippen LogP contribution >= 0.6 is 0 Å². The van der Waals surface area contributed by atoms with Crippen LogP contribution in [-0.4, -0.2) is 31.6 Å². The zero-order chi connectivity index (χ0) is 18.9. The summed E-state index contributed by atoms with van der Waals surface area (Å²) in [6.07, 6.45) is 1.55. The highest BCUT2D eigenvalue weighted by Gasteiger charge is 2.55. The molecule has 4 rings (SSSR count). The molecule has 0 saturated carbocycles. The van der Waals surface area contributed by atoms with Crippen LogP contribution in [-0.2, 0) is 31.3 Å². The van der Waals surface area contributed by atoms with Crippen molar-refractivity contribution in [3.05, 3.63) is 59.7 Å². The first-order chi connectivity index (χ1) is 13.2. The van der Waals surface area contributed by atoms with E-state index in [2.05, 4.69) is 5.32 Å². The Morgan fingerprint density at radius 1 is 1.11 bits per heavy atom. The first-order valence-electron chi connectivity index (χ1n) is 9.23. The van der Waals surface area contributed by atoms with Crippen LogP contribution in [0.4, 0.5) is 11.4 Å². The monoisotopic (exact) mass is 366 g/mol. The second-order valence-electron chi connectivity index (χ2n) is 6.63. The maximum absolute atomic E-state index is 13.1. The molecule has 6 heteroatoms. The van der Waals surface area contributed by atoms with Crippen LogP contribution in [0.3, 0.4) is 0 Å². The maximum Gasteiger partial charge on any atom is 0.293 e. The molecule has 2 heterocycles. The zero-order valence-electron chi connectivity index (χ0n) is 15.2. The quantitative estimate of drug-likeness (QED) is 0.904. The molecule has 1 saturated heterocycles. The maximum atomic E-state index is 13.1. The third-order valence-corrected chi connectivity index (χ3v) is 4.95. The number of aryl methyl sites for hydroxylation is 1. The third kappa shape index (κ3) is 3.01. The highest BCUT2D eigenvalue weighted by atomic mass is 16.7. The minimum absolute atomic E-state index is 0.0949. The fraction of sp³-hybridized carbons (Fsp3) is 0.333. The number of hydrogen-bond acceptors (Lipinski definition) is 4. The van der Waals surface area contributed by atoms with E-state index in [-0.39, 0.29) is 18.4 Å². The zero-order valence-corrected chi connectivity index (χ0v) is 15.2. The fourth-order valence-electron chi connectivity index (χ4n) is 3.64. The molecule has 0 aliphatic carbocycles. The highest BCUT2D eigenvalue weighted by molar-refractivity contribution is 6.10. The molecular formula is C21H22N2O4. The summed E-state index contributed by atoms with van der Waals surface area (Å²) in [5.41, 5.74) is 3.14. The molecule has 6 nitrogen and oxygen atoms in total. The lowest BCUT2D eigenvalue weighted by atomic mass is 10.1. The van der Waals surface area contributed by atoms with Crippen molar-refractivity contribution in [3.8, 4) is 0 Å². The van der Waals surface area contributed by atoms with Gasteiger partial charge in [0, 0.05) is 11.3 Å². The molecule has 2 amide bonds. The Morgan fingerprint density at radius 2 is 1.81 bits per heavy atom. The summed E-state index contributed by atoms with van der Waals surface area (Å²) in [5, 5.41) is 2.92. The third-order valence-electron chi connectivity index (χ3n) is 4.95. The molecule has 0 bridgehead atoms. The van der Waals surface area contributed by atoms with Crippen molar-refractivity contribution in [2.75, 3.05) is 30.0 Å². The normalized spacial score (nSPS) is 17.8. The Labute approximate surface area is 158 Å². The van der Waals surface area contributed by atoms with E-state index in [0.29, 0.717) is 24.5 Å². The number of ether oxygens (including phenoxy) is 2. The van der Waals surface area contributed by atoms with Gasteiger partial charge in [0.2, 0.25) is 5.91 Å². The number of anilines is 2. The van der Waals surface area contributed by atoms with Gasteiger partial charge in [-0.05, 0) is 30.5 Å². The van der Waals surface area contributed by atoms with Crippen molar-refractivity contribution in [3.63, 3.8) is 0 Å². The average molecular weight is 366 g/mol. The van der Waals surface area contributed by atoms with Crippen LogP contribution in [0.2, 0.25) is 0 Å². The van der Waals surface area contributed by atoms with Crippen LogP contribution in [0.1, 0.15) is 24.5 Å². The summed E-state index contributed by atoms with van der Waals surface area (Å²) in [6, 6.07) is 15.0. The van der Waals surface area contributed by atoms with Gasteiger partial charge in [0.1, 0.15) is 6.54 Å². The van der Waals surface area contributed by atoms with Gasteiger partial charge in [-0.3, -0.25) is 14.5 Å². The second kappa shape index (κ2) is 7.13. The number of nitrogens with one attached hydrogen (secondary N) is 1. The van der Waals surface area contributed by atoms with Crippen molar-refractivity contribution in [2.24, 2.45) is 0 Å². The lowest BCUT2D eigenvalue weighted by Gasteiger charge is -2.32. The fourth-order valence-corrected chi connectivity index (χ4v) is 3.64. The molecule has 0 atom stereocenters. The van der Waals surface area contributed by atoms with Crippen molar-refractivity contribution >= 4 is 23.2 Å². The molecule has 1 fully saturated rings. The lowest BCUT2D eigenvalue weighted by molar-refractivity contribution is -0.256. The van der Waals surface area contributed by atoms with Crippen molar-refractivity contribution in [1.82, 2.24) is 0 Å². The number of carbonyl (C=O) groups is 2. The van der Waals surface area contributed by atoms with Gasteiger partial charge >= 0.3 is 0 Å². The molecule has 1 N–H and O–H groups in total. The van der Waals surface area contributed by atoms with Crippen LogP contribution < -0.4 is 10.2 Å². The molecule has 140 valence electrons. The SMILES string of the molecule is CCc1ccccc1NC(=O)CN1C(=O)C2(OCCCO2)c2ccccc21. The number of carbonyl (C=O) groups excluding carboxylic acids is 2. The van der Waals surface area contributed by atoms with Gasteiger partial charge < -0.3 is 14.8 Å². The summed E-state index contributed by atoms with van der Waals surface area (Å²) >= 11 is 0. The first-order valence-corrected chi connectivity index (χ1v) is 9.23. The Bertz CT molecular complexity index is 874. The molecule has 0 radical (unpaired) electrons. The van der Waals surface area contributed by atoms with Crippen LogP contribution in [0.5, 0.6) is 0 Å². The second-order valence-corrected chi connectivity index (χ2v) is 6.63. The Kier molecular flexibility index (Phi) is 4.68. The molecule has 27 heavy (non-hydrogen) atoms. The van der Waals surface area contributed by atoms with Gasteiger partial charge in [0.25, 0.3) is 11.7 Å². The highest BCUT2D eigenvalue weighted by Crippen LogP contribution is 2.44. The summed E-state index contributed by atoms with van der Waals surface area (Å²) in [6.45, 7) is 2.84. The van der Waals surface area contributed by atoms with E-state index in [1.807, 2.05) is 55.5 Å². The Hall–Kier alpha value is -2.70. The molecule has 2 aromatic carbocycles. The topological polar surface area (TPSA) is 67.9 Å². The molecule has 0 aromatic heterocycles. The predicted octanol–water partition coefficient (Wildman–Crippen LogP) is 2.82. The summed E-state index contributed by atoms with van der Waals surface area (Å²) < 4.78 is 11.6. The Morgan fingerprint density at radius 3 is 2.59 bits per heavy atom. The predicted molar refractivity (Wildman–Crippen MR) is 101 cm³/mol. The molecule has 1 spiro atoms. The first kappa shape index (κ1) is 17.7. The van der Waals surface area contributed by atoms with Crippen molar-refractivity contribution < 1.29 is 19.1 Å². The van der Waals surface area contributed by atoms with Gasteiger partial charge in [0.15, 0.2) is 0 Å². The molecule has 0 unspecified atom stereocenters. The number of fused-ring (bicyclic) bond motifs is 2. The van der Waals surface area contributed by atoms with Crippen molar-refractivity contribution in [1.29, 1.82) is 0 Å². The standard InChI is InChI=1S/C21H22N2O4/c1-2-15-8-3-5-10-17(15)22-19(24)14-23-18-11-6-4-9-16(18)21(20(23)25)26-12-7-13-27-21/h3-6,8-11H,2,7,12-14H2,1H3,(H,22,24). The van der Waals surface area contributed by atoms with Gasteiger partial charge in [0.05, 0.1) is 18.9 Å². The number of benzene rings is 2.